The number of nitrogens with one attached hydrogen (secondary N) is 1. The van der Waals surface area contributed by atoms with E-state index in [9.17, 15) is 13.2 Å². The number of hydrogen-bond acceptors (Lipinski definition) is 5. The summed E-state index contributed by atoms with van der Waals surface area (Å²) in [6.07, 6.45) is 3.72. The lowest BCUT2D eigenvalue weighted by Gasteiger charge is -2.23. The van der Waals surface area contributed by atoms with Crippen LogP contribution >= 0.6 is 0 Å². The van der Waals surface area contributed by atoms with Gasteiger partial charge < -0.3 is 10.2 Å². The minimum atomic E-state index is -3.53. The van der Waals surface area contributed by atoms with Gasteiger partial charge in [0, 0.05) is 31.1 Å². The Bertz CT molecular complexity index is 847. The lowest BCUT2D eigenvalue weighted by atomic mass is 10.2. The van der Waals surface area contributed by atoms with Crippen LogP contribution in [-0.4, -0.2) is 64.2 Å². The number of aromatic nitrogens is 1. The van der Waals surface area contributed by atoms with Gasteiger partial charge in [0.2, 0.25) is 15.9 Å². The van der Waals surface area contributed by atoms with E-state index in [0.29, 0.717) is 17.7 Å². The maximum atomic E-state index is 12.3. The van der Waals surface area contributed by atoms with Gasteiger partial charge in [0.1, 0.15) is 0 Å². The van der Waals surface area contributed by atoms with Gasteiger partial charge in [-0.15, -0.1) is 0 Å². The molecule has 1 aromatic carbocycles. The highest BCUT2D eigenvalue weighted by molar-refractivity contribution is 7.92. The molecule has 8 heteroatoms. The van der Waals surface area contributed by atoms with E-state index in [1.54, 1.807) is 24.4 Å². The molecule has 0 unspecified atom stereocenters. The number of para-hydroxylation sites is 1. The Morgan fingerprint density at radius 3 is 2.58 bits per heavy atom. The number of pyridine rings is 1. The number of hydrogen-bond donors (Lipinski definition) is 1. The molecule has 7 nitrogen and oxygen atoms in total. The number of rotatable bonds is 9. The first-order valence-electron chi connectivity index (χ1n) is 8.52. The number of sulfonamides is 1. The van der Waals surface area contributed by atoms with Gasteiger partial charge in [-0.25, -0.2) is 8.42 Å². The van der Waals surface area contributed by atoms with Crippen LogP contribution in [0.4, 0.5) is 5.69 Å². The minimum Gasteiger partial charge on any atom is -0.356 e. The van der Waals surface area contributed by atoms with Crippen LogP contribution in [0, 0.1) is 0 Å². The molecule has 0 radical (unpaired) electrons. The topological polar surface area (TPSA) is 82.6 Å². The van der Waals surface area contributed by atoms with E-state index >= 15 is 0 Å². The molecule has 2 aromatic rings. The quantitative estimate of drug-likeness (QED) is 0.668. The molecule has 0 aliphatic carbocycles. The van der Waals surface area contributed by atoms with E-state index in [0.717, 1.165) is 24.6 Å². The van der Waals surface area contributed by atoms with Crippen molar-refractivity contribution in [3.8, 4) is 0 Å². The van der Waals surface area contributed by atoms with Crippen molar-refractivity contribution < 1.29 is 13.2 Å². The summed E-state index contributed by atoms with van der Waals surface area (Å²) in [7, 11) is 0.418. The van der Waals surface area contributed by atoms with Crippen LogP contribution in [0.1, 0.15) is 12.8 Å². The van der Waals surface area contributed by atoms with Gasteiger partial charge >= 0.3 is 0 Å². The number of carbonyl (C=O) groups is 1. The Labute approximate surface area is 155 Å². The fraction of sp³-hybridized carbons (Fsp3) is 0.444. The fourth-order valence-electron chi connectivity index (χ4n) is 2.67. The van der Waals surface area contributed by atoms with Crippen molar-refractivity contribution in [3.63, 3.8) is 0 Å². The van der Waals surface area contributed by atoms with E-state index < -0.39 is 10.0 Å². The van der Waals surface area contributed by atoms with Crippen molar-refractivity contribution in [2.75, 3.05) is 44.3 Å². The highest BCUT2D eigenvalue weighted by Crippen LogP contribution is 2.26. The van der Waals surface area contributed by atoms with Gasteiger partial charge in [-0.1, -0.05) is 18.2 Å². The molecule has 1 heterocycles. The van der Waals surface area contributed by atoms with E-state index in [1.807, 2.05) is 31.1 Å². The Hall–Kier alpha value is -2.19. The monoisotopic (exact) mass is 378 g/mol. The van der Waals surface area contributed by atoms with Crippen molar-refractivity contribution >= 4 is 32.5 Å². The minimum absolute atomic E-state index is 0.0774. The molecule has 0 bridgehead atoms. The second-order valence-corrected chi connectivity index (χ2v) is 8.35. The zero-order valence-corrected chi connectivity index (χ0v) is 16.3. The van der Waals surface area contributed by atoms with Gasteiger partial charge in [-0.2, -0.15) is 0 Å². The molecule has 2 rings (SSSR count). The maximum Gasteiger partial charge on any atom is 0.232 e. The maximum absolute atomic E-state index is 12.3. The van der Waals surface area contributed by atoms with Crippen LogP contribution in [0.2, 0.25) is 0 Å². The molecule has 142 valence electrons. The zero-order chi connectivity index (χ0) is 19.2. The molecule has 0 aliphatic heterocycles. The summed E-state index contributed by atoms with van der Waals surface area (Å²) in [5, 5.41) is 3.68. The standard InChI is InChI=1S/C18H26N4O3S/c1-21(2)13-6-12-19-17(23)10-14-22(26(3,24)25)16-9-4-7-15-8-5-11-20-18(15)16/h4-5,7-9,11H,6,10,12-14H2,1-3H3,(H,19,23). The average molecular weight is 378 g/mol. The second-order valence-electron chi connectivity index (χ2n) is 6.44. The number of benzene rings is 1. The predicted molar refractivity (Wildman–Crippen MR) is 105 cm³/mol. The van der Waals surface area contributed by atoms with Gasteiger partial charge in [0.15, 0.2) is 0 Å². The molecule has 0 atom stereocenters. The summed E-state index contributed by atoms with van der Waals surface area (Å²) in [6, 6.07) is 9.07. The number of fused-ring (bicyclic) bond motifs is 1. The first-order chi connectivity index (χ1) is 12.3. The third kappa shape index (κ3) is 5.67. The number of amides is 1. The molecule has 0 fully saturated rings. The second kappa shape index (κ2) is 8.95. The first-order valence-corrected chi connectivity index (χ1v) is 10.4. The number of carbonyl (C=O) groups excluding carboxylic acids is 1. The van der Waals surface area contributed by atoms with E-state index in [-0.39, 0.29) is 18.9 Å². The molecule has 1 aromatic heterocycles. The molecule has 1 N–H and O–H groups in total. The van der Waals surface area contributed by atoms with Crippen molar-refractivity contribution in [2.24, 2.45) is 0 Å². The van der Waals surface area contributed by atoms with Crippen molar-refractivity contribution in [1.29, 1.82) is 0 Å². The van der Waals surface area contributed by atoms with Crippen molar-refractivity contribution in [2.45, 2.75) is 12.8 Å². The highest BCUT2D eigenvalue weighted by Gasteiger charge is 2.21. The predicted octanol–water partition coefficient (Wildman–Crippen LogP) is 1.46. The summed E-state index contributed by atoms with van der Waals surface area (Å²) in [4.78, 5) is 18.4. The first kappa shape index (κ1) is 20.1. The third-order valence-electron chi connectivity index (χ3n) is 3.93. The van der Waals surface area contributed by atoms with E-state index in [2.05, 4.69) is 10.3 Å². The normalized spacial score (nSPS) is 11.7. The van der Waals surface area contributed by atoms with Gasteiger partial charge in [0.25, 0.3) is 0 Å². The fourth-order valence-corrected chi connectivity index (χ4v) is 3.60. The third-order valence-corrected chi connectivity index (χ3v) is 5.11. The average Bonchev–Trinajstić information content (AvgIpc) is 2.58. The van der Waals surface area contributed by atoms with E-state index in [1.165, 1.54) is 4.31 Å². The molecule has 0 spiro atoms. The highest BCUT2D eigenvalue weighted by atomic mass is 32.2. The van der Waals surface area contributed by atoms with Crippen LogP contribution in [0.15, 0.2) is 36.5 Å². The van der Waals surface area contributed by atoms with Crippen molar-refractivity contribution in [1.82, 2.24) is 15.2 Å². The van der Waals surface area contributed by atoms with Gasteiger partial charge in [-0.05, 0) is 39.2 Å². The van der Waals surface area contributed by atoms with Crippen LogP contribution < -0.4 is 9.62 Å². The molecule has 0 aliphatic rings. The van der Waals surface area contributed by atoms with E-state index in [4.69, 9.17) is 0 Å². The molecule has 0 saturated carbocycles. The number of anilines is 1. The summed E-state index contributed by atoms with van der Waals surface area (Å²) in [5.74, 6) is -0.161. The van der Waals surface area contributed by atoms with Crippen molar-refractivity contribution in [3.05, 3.63) is 36.5 Å². The Balaban J connectivity index is 2.08. The largest absolute Gasteiger partial charge is 0.356 e. The number of nitrogens with zero attached hydrogens (tertiary/aromatic N) is 3. The summed E-state index contributed by atoms with van der Waals surface area (Å²) < 4.78 is 25.8. The smallest absolute Gasteiger partial charge is 0.232 e. The van der Waals surface area contributed by atoms with Gasteiger partial charge in [-0.3, -0.25) is 14.1 Å². The summed E-state index contributed by atoms with van der Waals surface area (Å²) in [6.45, 7) is 1.54. The Morgan fingerprint density at radius 1 is 1.15 bits per heavy atom. The zero-order valence-electron chi connectivity index (χ0n) is 15.5. The van der Waals surface area contributed by atoms with Crippen LogP contribution in [-0.2, 0) is 14.8 Å². The van der Waals surface area contributed by atoms with Crippen LogP contribution in [0.5, 0.6) is 0 Å². The molecule has 1 amide bonds. The Morgan fingerprint density at radius 2 is 1.88 bits per heavy atom. The van der Waals surface area contributed by atoms with Gasteiger partial charge in [0.05, 0.1) is 17.5 Å². The van der Waals surface area contributed by atoms with Crippen LogP contribution in [0.25, 0.3) is 10.9 Å². The molecular formula is C18H26N4O3S. The summed E-state index contributed by atoms with van der Waals surface area (Å²) >= 11 is 0. The lowest BCUT2D eigenvalue weighted by molar-refractivity contribution is -0.120. The molecule has 0 saturated heterocycles. The molecular weight excluding hydrogens is 352 g/mol. The van der Waals surface area contributed by atoms with Crippen LogP contribution in [0.3, 0.4) is 0 Å². The summed E-state index contributed by atoms with van der Waals surface area (Å²) in [5.41, 5.74) is 1.10. The molecule has 26 heavy (non-hydrogen) atoms. The lowest BCUT2D eigenvalue weighted by Crippen LogP contribution is -2.35. The Kier molecular flexibility index (Phi) is 6.93. The SMILES string of the molecule is CN(C)CCCNC(=O)CCN(c1cccc2cccnc12)S(C)(=O)=O.